The number of hydrogen-bond acceptors (Lipinski definition) is 4. The van der Waals surface area contributed by atoms with E-state index in [-0.39, 0.29) is 6.42 Å². The van der Waals surface area contributed by atoms with Gasteiger partial charge in [-0.15, -0.1) is 0 Å². The predicted octanol–water partition coefficient (Wildman–Crippen LogP) is 2.46. The summed E-state index contributed by atoms with van der Waals surface area (Å²) in [5.41, 5.74) is 6.11. The summed E-state index contributed by atoms with van der Waals surface area (Å²) < 4.78 is 5.12. The largest absolute Gasteiger partial charge is 0.481 e. The lowest BCUT2D eigenvalue weighted by atomic mass is 9.97. The molecular formula is C17H23NO4. The fourth-order valence-electron chi connectivity index (χ4n) is 1.89. The Kier molecular flexibility index (Phi) is 6.31. The van der Waals surface area contributed by atoms with E-state index >= 15 is 0 Å². The Labute approximate surface area is 130 Å². The molecule has 0 saturated carbocycles. The van der Waals surface area contributed by atoms with Crippen LogP contribution in [-0.4, -0.2) is 28.7 Å². The summed E-state index contributed by atoms with van der Waals surface area (Å²) in [5, 5.41) is 9.22. The van der Waals surface area contributed by atoms with Gasteiger partial charge in [0.1, 0.15) is 5.60 Å². The van der Waals surface area contributed by atoms with Crippen molar-refractivity contribution in [1.82, 2.24) is 0 Å². The van der Waals surface area contributed by atoms with E-state index in [1.54, 1.807) is 26.8 Å². The number of carbonyl (C=O) groups is 2. The molecule has 0 fully saturated rings. The predicted molar refractivity (Wildman–Crippen MR) is 85.0 cm³/mol. The maximum atomic E-state index is 12.0. The second-order valence-electron chi connectivity index (χ2n) is 6.06. The first-order chi connectivity index (χ1) is 10.2. The SMILES string of the molecule is CC(C)(C)OC(=O)[C@H](C(=O)O)[C@H](N)C/C=C\c1ccccc1. The van der Waals surface area contributed by atoms with Crippen molar-refractivity contribution in [2.75, 3.05) is 0 Å². The van der Waals surface area contributed by atoms with Crippen LogP contribution in [-0.2, 0) is 14.3 Å². The highest BCUT2D eigenvalue weighted by molar-refractivity contribution is 5.95. The van der Waals surface area contributed by atoms with Gasteiger partial charge in [0, 0.05) is 6.04 Å². The van der Waals surface area contributed by atoms with E-state index in [0.29, 0.717) is 0 Å². The lowest BCUT2D eigenvalue weighted by Gasteiger charge is -2.24. The monoisotopic (exact) mass is 305 g/mol. The van der Waals surface area contributed by atoms with Crippen LogP contribution in [0.1, 0.15) is 32.8 Å². The molecule has 0 aliphatic heterocycles. The molecule has 0 heterocycles. The van der Waals surface area contributed by atoms with Crippen LogP contribution in [0.4, 0.5) is 0 Å². The summed E-state index contributed by atoms with van der Waals surface area (Å²) in [4.78, 5) is 23.3. The molecule has 5 nitrogen and oxygen atoms in total. The molecule has 120 valence electrons. The van der Waals surface area contributed by atoms with Gasteiger partial charge in [-0.1, -0.05) is 42.5 Å². The van der Waals surface area contributed by atoms with Gasteiger partial charge in [0.15, 0.2) is 5.92 Å². The smallest absolute Gasteiger partial charge is 0.322 e. The van der Waals surface area contributed by atoms with E-state index in [4.69, 9.17) is 10.5 Å². The van der Waals surface area contributed by atoms with E-state index in [9.17, 15) is 14.7 Å². The van der Waals surface area contributed by atoms with Gasteiger partial charge in [-0.05, 0) is 32.8 Å². The Bertz CT molecular complexity index is 531. The van der Waals surface area contributed by atoms with E-state index in [1.807, 2.05) is 36.4 Å². The molecule has 3 N–H and O–H groups in total. The highest BCUT2D eigenvalue weighted by Gasteiger charge is 2.35. The van der Waals surface area contributed by atoms with Crippen molar-refractivity contribution in [3.8, 4) is 0 Å². The van der Waals surface area contributed by atoms with Gasteiger partial charge in [0.25, 0.3) is 0 Å². The fraction of sp³-hybridized carbons (Fsp3) is 0.412. The number of carboxylic acid groups (broad SMARTS) is 1. The Morgan fingerprint density at radius 3 is 2.36 bits per heavy atom. The van der Waals surface area contributed by atoms with Crippen LogP contribution < -0.4 is 5.73 Å². The summed E-state index contributed by atoms with van der Waals surface area (Å²) in [6.07, 6.45) is 3.87. The number of esters is 1. The second-order valence-corrected chi connectivity index (χ2v) is 6.06. The molecule has 0 bridgehead atoms. The number of hydrogen-bond donors (Lipinski definition) is 2. The molecule has 0 saturated heterocycles. The summed E-state index contributed by atoms with van der Waals surface area (Å²) in [6, 6.07) is 8.72. The molecule has 0 radical (unpaired) electrons. The van der Waals surface area contributed by atoms with Crippen molar-refractivity contribution in [2.24, 2.45) is 11.7 Å². The molecule has 5 heteroatoms. The number of ether oxygens (including phenoxy) is 1. The Hall–Kier alpha value is -2.14. The minimum Gasteiger partial charge on any atom is -0.481 e. The van der Waals surface area contributed by atoms with Crippen LogP contribution in [0.25, 0.3) is 6.08 Å². The number of nitrogens with two attached hydrogens (primary N) is 1. The van der Waals surface area contributed by atoms with Crippen LogP contribution in [0.3, 0.4) is 0 Å². The van der Waals surface area contributed by atoms with Gasteiger partial charge < -0.3 is 15.6 Å². The van der Waals surface area contributed by atoms with Crippen molar-refractivity contribution in [3.63, 3.8) is 0 Å². The lowest BCUT2D eigenvalue weighted by molar-refractivity contribution is -0.167. The maximum absolute atomic E-state index is 12.0. The van der Waals surface area contributed by atoms with Gasteiger partial charge in [0.05, 0.1) is 0 Å². The number of rotatable bonds is 6. The van der Waals surface area contributed by atoms with Crippen molar-refractivity contribution in [1.29, 1.82) is 0 Å². The lowest BCUT2D eigenvalue weighted by Crippen LogP contribution is -2.43. The van der Waals surface area contributed by atoms with Gasteiger partial charge in [-0.25, -0.2) is 0 Å². The summed E-state index contributed by atoms with van der Waals surface area (Å²) >= 11 is 0. The third-order valence-corrected chi connectivity index (χ3v) is 2.87. The van der Waals surface area contributed by atoms with Crippen LogP contribution >= 0.6 is 0 Å². The first kappa shape index (κ1) is 17.9. The quantitative estimate of drug-likeness (QED) is 0.622. The van der Waals surface area contributed by atoms with Crippen molar-refractivity contribution >= 4 is 18.0 Å². The van der Waals surface area contributed by atoms with Gasteiger partial charge in [-0.3, -0.25) is 9.59 Å². The van der Waals surface area contributed by atoms with Crippen LogP contribution in [0.15, 0.2) is 36.4 Å². The topological polar surface area (TPSA) is 89.6 Å². The average Bonchev–Trinajstić information content (AvgIpc) is 2.37. The van der Waals surface area contributed by atoms with Crippen molar-refractivity contribution in [3.05, 3.63) is 42.0 Å². The zero-order chi connectivity index (χ0) is 16.8. The molecule has 1 aromatic rings. The number of carbonyl (C=O) groups excluding carboxylic acids is 1. The summed E-state index contributed by atoms with van der Waals surface area (Å²) in [5.74, 6) is -3.45. The van der Waals surface area contributed by atoms with Gasteiger partial charge in [0.2, 0.25) is 0 Å². The van der Waals surface area contributed by atoms with Gasteiger partial charge >= 0.3 is 11.9 Å². The number of aliphatic carboxylic acids is 1. The van der Waals surface area contributed by atoms with E-state index in [2.05, 4.69) is 0 Å². The Morgan fingerprint density at radius 1 is 1.27 bits per heavy atom. The molecule has 0 aromatic heterocycles. The fourth-order valence-corrected chi connectivity index (χ4v) is 1.89. The first-order valence-corrected chi connectivity index (χ1v) is 7.13. The standard InChI is InChI=1S/C17H23NO4/c1-17(2,3)22-16(21)14(15(19)20)13(18)11-7-10-12-8-5-4-6-9-12/h4-10,13-14H,11,18H2,1-3H3,(H,19,20)/b10-7-/t13-,14+/m1/s1. The van der Waals surface area contributed by atoms with Gasteiger partial charge in [-0.2, -0.15) is 0 Å². The molecule has 0 aliphatic carbocycles. The van der Waals surface area contributed by atoms with E-state index in [1.165, 1.54) is 0 Å². The van der Waals surface area contributed by atoms with Crippen molar-refractivity contribution in [2.45, 2.75) is 38.8 Å². The zero-order valence-electron chi connectivity index (χ0n) is 13.2. The highest BCUT2D eigenvalue weighted by atomic mass is 16.6. The molecule has 0 aliphatic rings. The minimum atomic E-state index is -1.38. The highest BCUT2D eigenvalue weighted by Crippen LogP contribution is 2.16. The minimum absolute atomic E-state index is 0.269. The van der Waals surface area contributed by atoms with Crippen LogP contribution in [0.5, 0.6) is 0 Å². The Morgan fingerprint density at radius 2 is 1.86 bits per heavy atom. The third kappa shape index (κ3) is 6.10. The number of benzene rings is 1. The average molecular weight is 305 g/mol. The molecule has 0 spiro atoms. The second kappa shape index (κ2) is 7.75. The van der Waals surface area contributed by atoms with Crippen molar-refractivity contribution < 1.29 is 19.4 Å². The van der Waals surface area contributed by atoms with Crippen LogP contribution in [0, 0.1) is 5.92 Å². The maximum Gasteiger partial charge on any atom is 0.322 e. The zero-order valence-corrected chi connectivity index (χ0v) is 13.2. The van der Waals surface area contributed by atoms with E-state index < -0.39 is 29.5 Å². The third-order valence-electron chi connectivity index (χ3n) is 2.87. The van der Waals surface area contributed by atoms with Crippen LogP contribution in [0.2, 0.25) is 0 Å². The molecule has 2 atom stereocenters. The normalized spacial score (nSPS) is 14.5. The first-order valence-electron chi connectivity index (χ1n) is 7.13. The summed E-state index contributed by atoms with van der Waals surface area (Å²) in [7, 11) is 0. The Balaban J connectivity index is 2.69. The molecule has 0 unspecified atom stereocenters. The molecular weight excluding hydrogens is 282 g/mol. The van der Waals surface area contributed by atoms with E-state index in [0.717, 1.165) is 5.56 Å². The molecule has 1 aromatic carbocycles. The molecule has 22 heavy (non-hydrogen) atoms. The molecule has 0 amide bonds. The summed E-state index contributed by atoms with van der Waals surface area (Å²) in [6.45, 7) is 5.06. The molecule has 1 rings (SSSR count). The number of carboxylic acids is 1.